The van der Waals surface area contributed by atoms with Crippen LogP contribution in [0.5, 0.6) is 5.75 Å². The fourth-order valence-electron chi connectivity index (χ4n) is 3.17. The van der Waals surface area contributed by atoms with Crippen LogP contribution < -0.4 is 4.74 Å². The van der Waals surface area contributed by atoms with E-state index >= 15 is 0 Å². The van der Waals surface area contributed by atoms with Crippen LogP contribution in [0.25, 0.3) is 0 Å². The maximum atomic E-state index is 12.8. The second-order valence-corrected chi connectivity index (χ2v) is 6.72. The van der Waals surface area contributed by atoms with Gasteiger partial charge >= 0.3 is 0 Å². The number of ether oxygens (including phenoxy) is 1. The standard InChI is InChI=1S/C19H24O4/c1-5-16(21)14(12(2)20)11-17(22)15-10-13-8-6-7-9-18(13)23-19(15,3)4/h6-9,14-15H,5,10-11H2,1-4H3. The molecule has 4 heteroatoms. The van der Waals surface area contributed by atoms with Crippen molar-refractivity contribution in [2.75, 3.05) is 0 Å². The number of para-hydroxylation sites is 1. The highest BCUT2D eigenvalue weighted by molar-refractivity contribution is 6.04. The Balaban J connectivity index is 2.21. The number of hydrogen-bond acceptors (Lipinski definition) is 4. The van der Waals surface area contributed by atoms with Crippen molar-refractivity contribution in [3.8, 4) is 5.75 Å². The number of carbonyl (C=O) groups is 3. The lowest BCUT2D eigenvalue weighted by molar-refractivity contribution is -0.139. The molecule has 0 aliphatic carbocycles. The number of fused-ring (bicyclic) bond motifs is 1. The summed E-state index contributed by atoms with van der Waals surface area (Å²) in [5.74, 6) is -0.855. The van der Waals surface area contributed by atoms with Crippen LogP contribution in [-0.2, 0) is 20.8 Å². The fraction of sp³-hybridized carbons (Fsp3) is 0.526. The van der Waals surface area contributed by atoms with Gasteiger partial charge in [0.05, 0.1) is 11.8 Å². The van der Waals surface area contributed by atoms with Gasteiger partial charge in [-0.2, -0.15) is 0 Å². The Morgan fingerprint density at radius 3 is 2.52 bits per heavy atom. The Bertz CT molecular complexity index is 630. The molecule has 23 heavy (non-hydrogen) atoms. The average molecular weight is 316 g/mol. The Hall–Kier alpha value is -1.97. The molecule has 4 nitrogen and oxygen atoms in total. The summed E-state index contributed by atoms with van der Waals surface area (Å²) in [6.45, 7) is 6.86. The summed E-state index contributed by atoms with van der Waals surface area (Å²) in [6, 6.07) is 7.67. The van der Waals surface area contributed by atoms with Gasteiger partial charge in [0.1, 0.15) is 28.7 Å². The van der Waals surface area contributed by atoms with Crippen LogP contribution in [0.3, 0.4) is 0 Å². The van der Waals surface area contributed by atoms with Gasteiger partial charge in [0.2, 0.25) is 0 Å². The predicted octanol–water partition coefficient (Wildman–Crippen LogP) is 3.16. The molecule has 124 valence electrons. The maximum absolute atomic E-state index is 12.8. The molecule has 1 aliphatic heterocycles. The minimum absolute atomic E-state index is 0.0262. The van der Waals surface area contributed by atoms with Gasteiger partial charge in [0.25, 0.3) is 0 Å². The van der Waals surface area contributed by atoms with Crippen LogP contribution in [0.1, 0.15) is 46.1 Å². The highest BCUT2D eigenvalue weighted by Crippen LogP contribution is 2.38. The van der Waals surface area contributed by atoms with E-state index in [0.29, 0.717) is 6.42 Å². The number of benzene rings is 1. The lowest BCUT2D eigenvalue weighted by Crippen LogP contribution is -2.47. The van der Waals surface area contributed by atoms with E-state index < -0.39 is 11.5 Å². The number of hydrogen-bond donors (Lipinski definition) is 0. The van der Waals surface area contributed by atoms with E-state index in [0.717, 1.165) is 11.3 Å². The highest BCUT2D eigenvalue weighted by Gasteiger charge is 2.42. The van der Waals surface area contributed by atoms with E-state index in [1.54, 1.807) is 6.92 Å². The molecule has 2 atom stereocenters. The first kappa shape index (κ1) is 17.4. The minimum atomic E-state index is -0.819. The van der Waals surface area contributed by atoms with Crippen molar-refractivity contribution < 1.29 is 19.1 Å². The molecular formula is C19H24O4. The number of ketones is 3. The Morgan fingerprint density at radius 2 is 1.91 bits per heavy atom. The molecule has 0 aromatic heterocycles. The third-order valence-corrected chi connectivity index (χ3v) is 4.63. The van der Waals surface area contributed by atoms with Crippen molar-refractivity contribution in [2.24, 2.45) is 11.8 Å². The number of Topliss-reactive ketones (excluding diaryl/α,β-unsaturated/α-hetero) is 3. The Morgan fingerprint density at radius 1 is 1.26 bits per heavy atom. The smallest absolute Gasteiger partial charge is 0.143 e. The summed E-state index contributed by atoms with van der Waals surface area (Å²) < 4.78 is 5.99. The average Bonchev–Trinajstić information content (AvgIpc) is 2.49. The molecule has 0 saturated heterocycles. The molecule has 0 bridgehead atoms. The molecule has 2 rings (SSSR count). The number of rotatable bonds is 6. The van der Waals surface area contributed by atoms with E-state index in [4.69, 9.17) is 4.74 Å². The van der Waals surface area contributed by atoms with Gasteiger partial charge in [-0.1, -0.05) is 25.1 Å². The van der Waals surface area contributed by atoms with Gasteiger partial charge in [0, 0.05) is 12.8 Å². The summed E-state index contributed by atoms with van der Waals surface area (Å²) in [5.41, 5.74) is 0.341. The second-order valence-electron chi connectivity index (χ2n) is 6.72. The molecule has 0 spiro atoms. The zero-order valence-electron chi connectivity index (χ0n) is 14.2. The molecule has 0 saturated carbocycles. The van der Waals surface area contributed by atoms with Crippen LogP contribution in [0, 0.1) is 11.8 Å². The summed E-state index contributed by atoms with van der Waals surface area (Å²) in [5, 5.41) is 0. The van der Waals surface area contributed by atoms with Gasteiger partial charge < -0.3 is 4.74 Å². The number of carbonyl (C=O) groups excluding carboxylic acids is 3. The first-order valence-electron chi connectivity index (χ1n) is 8.09. The van der Waals surface area contributed by atoms with Crippen LogP contribution in [-0.4, -0.2) is 23.0 Å². The molecule has 1 aromatic rings. The molecule has 0 radical (unpaired) electrons. The van der Waals surface area contributed by atoms with E-state index in [-0.39, 0.29) is 36.1 Å². The van der Waals surface area contributed by atoms with Crippen LogP contribution in [0.15, 0.2) is 24.3 Å². The zero-order chi connectivity index (χ0) is 17.2. The molecule has 1 aromatic carbocycles. The Kier molecular flexibility index (Phi) is 5.03. The van der Waals surface area contributed by atoms with Gasteiger partial charge in [-0.25, -0.2) is 0 Å². The van der Waals surface area contributed by atoms with E-state index in [9.17, 15) is 14.4 Å². The van der Waals surface area contributed by atoms with Crippen molar-refractivity contribution in [3.63, 3.8) is 0 Å². The maximum Gasteiger partial charge on any atom is 0.143 e. The SMILES string of the molecule is CCC(=O)C(CC(=O)C1Cc2ccccc2OC1(C)C)C(C)=O. The zero-order valence-corrected chi connectivity index (χ0v) is 14.2. The van der Waals surface area contributed by atoms with E-state index in [1.807, 2.05) is 38.1 Å². The van der Waals surface area contributed by atoms with E-state index in [2.05, 4.69) is 0 Å². The van der Waals surface area contributed by atoms with E-state index in [1.165, 1.54) is 6.92 Å². The van der Waals surface area contributed by atoms with Crippen molar-refractivity contribution in [3.05, 3.63) is 29.8 Å². The van der Waals surface area contributed by atoms with Crippen LogP contribution in [0.2, 0.25) is 0 Å². The molecular weight excluding hydrogens is 292 g/mol. The van der Waals surface area contributed by atoms with Gasteiger partial charge in [-0.05, 0) is 38.8 Å². The lowest BCUT2D eigenvalue weighted by Gasteiger charge is -2.39. The van der Waals surface area contributed by atoms with Crippen LogP contribution in [0.4, 0.5) is 0 Å². The monoisotopic (exact) mass is 316 g/mol. The first-order valence-corrected chi connectivity index (χ1v) is 8.09. The Labute approximate surface area is 137 Å². The highest BCUT2D eigenvalue weighted by atomic mass is 16.5. The van der Waals surface area contributed by atoms with Crippen molar-refractivity contribution in [1.29, 1.82) is 0 Å². The van der Waals surface area contributed by atoms with Crippen molar-refractivity contribution in [2.45, 2.75) is 52.6 Å². The van der Waals surface area contributed by atoms with Gasteiger partial charge in [0.15, 0.2) is 0 Å². The molecule has 0 fully saturated rings. The molecule has 1 heterocycles. The summed E-state index contributed by atoms with van der Waals surface area (Å²) in [7, 11) is 0. The second kappa shape index (κ2) is 6.65. The third kappa shape index (κ3) is 3.69. The largest absolute Gasteiger partial charge is 0.487 e. The van der Waals surface area contributed by atoms with Gasteiger partial charge in [-0.15, -0.1) is 0 Å². The summed E-state index contributed by atoms with van der Waals surface area (Å²) in [4.78, 5) is 36.4. The first-order chi connectivity index (χ1) is 10.8. The molecule has 0 amide bonds. The summed E-state index contributed by atoms with van der Waals surface area (Å²) in [6.07, 6.45) is 0.819. The topological polar surface area (TPSA) is 60.4 Å². The lowest BCUT2D eigenvalue weighted by atomic mass is 9.76. The molecule has 2 unspecified atom stereocenters. The van der Waals surface area contributed by atoms with Crippen LogP contribution >= 0.6 is 0 Å². The predicted molar refractivity (Wildman–Crippen MR) is 87.4 cm³/mol. The van der Waals surface area contributed by atoms with Gasteiger partial charge in [-0.3, -0.25) is 14.4 Å². The molecule has 0 N–H and O–H groups in total. The minimum Gasteiger partial charge on any atom is -0.487 e. The van der Waals surface area contributed by atoms with Crippen molar-refractivity contribution in [1.82, 2.24) is 0 Å². The quantitative estimate of drug-likeness (QED) is 0.756. The van der Waals surface area contributed by atoms with Crippen molar-refractivity contribution >= 4 is 17.3 Å². The fourth-order valence-corrected chi connectivity index (χ4v) is 3.17. The normalized spacial score (nSPS) is 20.1. The molecule has 1 aliphatic rings. The summed E-state index contributed by atoms with van der Waals surface area (Å²) >= 11 is 0. The third-order valence-electron chi connectivity index (χ3n) is 4.63.